The Morgan fingerprint density at radius 3 is 2.72 bits per heavy atom. The average molecular weight is 344 g/mol. The van der Waals surface area contributed by atoms with Crippen molar-refractivity contribution in [3.8, 4) is 0 Å². The molecule has 4 heteroatoms. The second-order valence-corrected chi connectivity index (χ2v) is 8.98. The molecule has 4 nitrogen and oxygen atoms in total. The Morgan fingerprint density at radius 2 is 2.00 bits per heavy atom. The van der Waals surface area contributed by atoms with Crippen molar-refractivity contribution >= 4 is 11.6 Å². The molecule has 2 fully saturated rings. The van der Waals surface area contributed by atoms with Gasteiger partial charge in [-0.2, -0.15) is 0 Å². The molecule has 4 rings (SSSR count). The van der Waals surface area contributed by atoms with Crippen molar-refractivity contribution in [2.24, 2.45) is 34.5 Å². The van der Waals surface area contributed by atoms with E-state index >= 15 is 0 Å². The zero-order valence-electron chi connectivity index (χ0n) is 15.1. The van der Waals surface area contributed by atoms with Crippen LogP contribution in [-0.4, -0.2) is 34.5 Å². The topological polar surface area (TPSA) is 74.6 Å². The van der Waals surface area contributed by atoms with Gasteiger partial charge in [-0.15, -0.1) is 0 Å². The monoisotopic (exact) mass is 344 g/mol. The van der Waals surface area contributed by atoms with Crippen LogP contribution in [0.25, 0.3) is 0 Å². The fourth-order valence-corrected chi connectivity index (χ4v) is 6.50. The lowest BCUT2D eigenvalue weighted by Gasteiger charge is -2.55. The van der Waals surface area contributed by atoms with Gasteiger partial charge in [0.05, 0.1) is 12.7 Å². The lowest BCUT2D eigenvalue weighted by atomic mass is 9.48. The summed E-state index contributed by atoms with van der Waals surface area (Å²) < 4.78 is 0. The number of allylic oxidation sites excluding steroid dienone is 4. The van der Waals surface area contributed by atoms with Gasteiger partial charge in [0.25, 0.3) is 0 Å². The van der Waals surface area contributed by atoms with Crippen molar-refractivity contribution in [1.82, 2.24) is 0 Å². The highest BCUT2D eigenvalue weighted by Crippen LogP contribution is 2.64. The Kier molecular flexibility index (Phi) is 3.86. The van der Waals surface area contributed by atoms with Gasteiger partial charge in [0.1, 0.15) is 5.78 Å². The Labute approximate surface area is 149 Å². The van der Waals surface area contributed by atoms with E-state index in [1.165, 1.54) is 0 Å². The molecular weight excluding hydrogens is 316 g/mol. The molecule has 0 aromatic rings. The van der Waals surface area contributed by atoms with Gasteiger partial charge in [-0.25, -0.2) is 0 Å². The molecule has 0 aromatic heterocycles. The third-order valence-corrected chi connectivity index (χ3v) is 8.10. The predicted molar refractivity (Wildman–Crippen MR) is 93.6 cm³/mol. The van der Waals surface area contributed by atoms with E-state index < -0.39 is 11.5 Å². The normalized spacial score (nSPS) is 47.0. The molecule has 0 radical (unpaired) electrons. The standard InChI is InChI=1S/C21H28O4/c1-20-8-7-13(23)9-12(20)3-4-14-15-5-6-16(18(24)11-22)21(15,2)19(25)10-17(14)20/h3-4,9,14-18,22,24H,5-8,10-11H2,1-2H3/t14-,15-,16+,17-,18+,20-,21-/m0/s1. The molecule has 0 bridgehead atoms. The number of hydrogen-bond acceptors (Lipinski definition) is 4. The van der Waals surface area contributed by atoms with Crippen molar-refractivity contribution in [1.29, 1.82) is 0 Å². The number of carbonyl (C=O) groups is 2. The van der Waals surface area contributed by atoms with Gasteiger partial charge >= 0.3 is 0 Å². The molecule has 2 saturated carbocycles. The van der Waals surface area contributed by atoms with Crippen molar-refractivity contribution < 1.29 is 19.8 Å². The van der Waals surface area contributed by atoms with Crippen LogP contribution in [0.2, 0.25) is 0 Å². The van der Waals surface area contributed by atoms with Crippen LogP contribution in [0, 0.1) is 34.5 Å². The first-order valence-corrected chi connectivity index (χ1v) is 9.58. The summed E-state index contributed by atoms with van der Waals surface area (Å²) in [5.74, 6) is 1.05. The summed E-state index contributed by atoms with van der Waals surface area (Å²) >= 11 is 0. The zero-order chi connectivity index (χ0) is 18.0. The van der Waals surface area contributed by atoms with E-state index in [-0.39, 0.29) is 41.3 Å². The summed E-state index contributed by atoms with van der Waals surface area (Å²) in [6.07, 6.45) is 8.92. The molecule has 4 aliphatic rings. The van der Waals surface area contributed by atoms with Gasteiger partial charge < -0.3 is 10.2 Å². The summed E-state index contributed by atoms with van der Waals surface area (Å²) in [6.45, 7) is 3.95. The number of Topliss-reactive ketones (excluding diaryl/α,β-unsaturated/α-hetero) is 1. The van der Waals surface area contributed by atoms with Crippen LogP contribution in [-0.2, 0) is 9.59 Å². The zero-order valence-corrected chi connectivity index (χ0v) is 15.1. The molecule has 2 N–H and O–H groups in total. The minimum atomic E-state index is -0.818. The molecular formula is C21H28O4. The van der Waals surface area contributed by atoms with Crippen LogP contribution in [0.15, 0.2) is 23.8 Å². The Morgan fingerprint density at radius 1 is 1.24 bits per heavy atom. The maximum atomic E-state index is 13.3. The van der Waals surface area contributed by atoms with Crippen LogP contribution in [0.5, 0.6) is 0 Å². The van der Waals surface area contributed by atoms with Gasteiger partial charge in [-0.05, 0) is 60.0 Å². The molecule has 0 aliphatic heterocycles. The molecule has 0 heterocycles. The fourth-order valence-electron chi connectivity index (χ4n) is 6.50. The smallest absolute Gasteiger partial charge is 0.156 e. The number of carbonyl (C=O) groups excluding carboxylic acids is 2. The van der Waals surface area contributed by atoms with E-state index in [0.717, 1.165) is 24.8 Å². The molecule has 7 atom stereocenters. The van der Waals surface area contributed by atoms with E-state index in [0.29, 0.717) is 18.8 Å². The third kappa shape index (κ3) is 2.20. The van der Waals surface area contributed by atoms with Crippen LogP contribution in [0.3, 0.4) is 0 Å². The van der Waals surface area contributed by atoms with E-state index in [9.17, 15) is 19.8 Å². The van der Waals surface area contributed by atoms with Crippen molar-refractivity contribution in [3.63, 3.8) is 0 Å². The van der Waals surface area contributed by atoms with Gasteiger partial charge in [0, 0.05) is 18.3 Å². The number of ketones is 2. The van der Waals surface area contributed by atoms with Crippen LogP contribution in [0.4, 0.5) is 0 Å². The van der Waals surface area contributed by atoms with Crippen molar-refractivity contribution in [2.45, 2.75) is 52.1 Å². The van der Waals surface area contributed by atoms with E-state index in [1.54, 1.807) is 6.08 Å². The second kappa shape index (κ2) is 5.62. The molecule has 0 aromatic carbocycles. The number of rotatable bonds is 2. The summed E-state index contributed by atoms with van der Waals surface area (Å²) in [6, 6.07) is 0. The highest BCUT2D eigenvalue weighted by molar-refractivity contribution is 5.92. The average Bonchev–Trinajstić information content (AvgIpc) is 2.95. The first-order valence-electron chi connectivity index (χ1n) is 9.58. The molecule has 0 spiro atoms. The molecule has 0 saturated heterocycles. The Bertz CT molecular complexity index is 677. The van der Waals surface area contributed by atoms with Crippen LogP contribution < -0.4 is 0 Å². The summed E-state index contributed by atoms with van der Waals surface area (Å²) in [5, 5.41) is 19.7. The first-order chi connectivity index (χ1) is 11.8. The minimum absolute atomic E-state index is 0.0992. The molecule has 4 aliphatic carbocycles. The highest BCUT2D eigenvalue weighted by atomic mass is 16.3. The Hall–Kier alpha value is -1.26. The first kappa shape index (κ1) is 17.2. The summed E-state index contributed by atoms with van der Waals surface area (Å²) in [5.41, 5.74) is 0.444. The quantitative estimate of drug-likeness (QED) is 0.807. The van der Waals surface area contributed by atoms with E-state index in [1.807, 2.05) is 6.92 Å². The SMILES string of the molecule is C[C@]12C(=O)C[C@H]3[C@@H](C=CC4=CC(=O)CC[C@@]43C)[C@@H]1CC[C@@H]2[C@H](O)CO. The number of fused-ring (bicyclic) bond motifs is 5. The number of hydrogen-bond donors (Lipinski definition) is 2. The Balaban J connectivity index is 1.75. The van der Waals surface area contributed by atoms with Gasteiger partial charge in [0.15, 0.2) is 5.78 Å². The van der Waals surface area contributed by atoms with Gasteiger partial charge in [0.2, 0.25) is 0 Å². The minimum Gasteiger partial charge on any atom is -0.394 e. The number of aliphatic hydroxyl groups excluding tert-OH is 2. The van der Waals surface area contributed by atoms with E-state index in [2.05, 4.69) is 19.1 Å². The summed E-state index contributed by atoms with van der Waals surface area (Å²) in [4.78, 5) is 25.1. The van der Waals surface area contributed by atoms with Gasteiger partial charge in [-0.3, -0.25) is 9.59 Å². The fraction of sp³-hybridized carbons (Fsp3) is 0.714. The maximum Gasteiger partial charge on any atom is 0.156 e. The molecule has 0 unspecified atom stereocenters. The van der Waals surface area contributed by atoms with Crippen LogP contribution >= 0.6 is 0 Å². The van der Waals surface area contributed by atoms with Crippen LogP contribution in [0.1, 0.15) is 46.0 Å². The lowest BCUT2D eigenvalue weighted by molar-refractivity contribution is -0.147. The molecule has 25 heavy (non-hydrogen) atoms. The third-order valence-electron chi connectivity index (χ3n) is 8.10. The summed E-state index contributed by atoms with van der Waals surface area (Å²) in [7, 11) is 0. The largest absolute Gasteiger partial charge is 0.394 e. The predicted octanol–water partition coefficient (Wildman–Crippen LogP) is 2.44. The molecule has 0 amide bonds. The second-order valence-electron chi connectivity index (χ2n) is 8.98. The maximum absolute atomic E-state index is 13.3. The number of aliphatic hydroxyl groups is 2. The lowest BCUT2D eigenvalue weighted by Crippen LogP contribution is -2.55. The van der Waals surface area contributed by atoms with Gasteiger partial charge in [-0.1, -0.05) is 26.0 Å². The van der Waals surface area contributed by atoms with Crippen molar-refractivity contribution in [3.05, 3.63) is 23.8 Å². The highest BCUT2D eigenvalue weighted by Gasteiger charge is 2.62. The molecule has 136 valence electrons. The van der Waals surface area contributed by atoms with Crippen molar-refractivity contribution in [2.75, 3.05) is 6.61 Å². The van der Waals surface area contributed by atoms with E-state index in [4.69, 9.17) is 0 Å².